The Hall–Kier alpha value is -1.30. The second-order valence-corrected chi connectivity index (χ2v) is 4.43. The van der Waals surface area contributed by atoms with Gasteiger partial charge in [-0.05, 0) is 36.3 Å². The number of rotatable bonds is 1. The Labute approximate surface area is 91.3 Å². The largest absolute Gasteiger partial charge is 0.0761 e. The number of hydrogen-bond donors (Lipinski definition) is 0. The van der Waals surface area contributed by atoms with Crippen molar-refractivity contribution in [3.8, 4) is 0 Å². The SMILES string of the molecule is [CH]1C=CC2=C1CCC(c1ccccc1)C2. The van der Waals surface area contributed by atoms with Gasteiger partial charge in [-0.1, -0.05) is 48.1 Å². The van der Waals surface area contributed by atoms with Crippen LogP contribution in [0.1, 0.15) is 30.7 Å². The van der Waals surface area contributed by atoms with Crippen LogP contribution in [0.5, 0.6) is 0 Å². The summed E-state index contributed by atoms with van der Waals surface area (Å²) in [6.45, 7) is 0. The molecule has 1 atom stereocenters. The lowest BCUT2D eigenvalue weighted by atomic mass is 9.81. The zero-order valence-corrected chi connectivity index (χ0v) is 8.82. The third-order valence-corrected chi connectivity index (χ3v) is 3.51. The van der Waals surface area contributed by atoms with Gasteiger partial charge in [0.25, 0.3) is 0 Å². The van der Waals surface area contributed by atoms with Crippen LogP contribution in [0.25, 0.3) is 0 Å². The van der Waals surface area contributed by atoms with E-state index in [-0.39, 0.29) is 0 Å². The molecule has 0 heteroatoms. The minimum Gasteiger partial charge on any atom is -0.0761 e. The monoisotopic (exact) mass is 195 g/mol. The Morgan fingerprint density at radius 1 is 1.00 bits per heavy atom. The van der Waals surface area contributed by atoms with Gasteiger partial charge in [0.2, 0.25) is 0 Å². The van der Waals surface area contributed by atoms with Crippen LogP contribution in [0.4, 0.5) is 0 Å². The van der Waals surface area contributed by atoms with Crippen LogP contribution in [0, 0.1) is 6.42 Å². The predicted molar refractivity (Wildman–Crippen MR) is 63.5 cm³/mol. The van der Waals surface area contributed by atoms with E-state index in [0.717, 1.165) is 5.92 Å². The Bertz CT molecular complexity index is 409. The van der Waals surface area contributed by atoms with Crippen molar-refractivity contribution in [1.29, 1.82) is 0 Å². The molecule has 0 nitrogen and oxygen atoms in total. The quantitative estimate of drug-likeness (QED) is 0.634. The van der Waals surface area contributed by atoms with E-state index >= 15 is 0 Å². The van der Waals surface area contributed by atoms with Crippen LogP contribution < -0.4 is 0 Å². The van der Waals surface area contributed by atoms with Gasteiger partial charge in [0.15, 0.2) is 0 Å². The minimum absolute atomic E-state index is 0.737. The van der Waals surface area contributed by atoms with Gasteiger partial charge in [0.1, 0.15) is 0 Å². The van der Waals surface area contributed by atoms with Gasteiger partial charge in [0, 0.05) is 6.42 Å². The Morgan fingerprint density at radius 2 is 1.87 bits per heavy atom. The standard InChI is InChI=1S/C15H15/c1-2-5-12(6-3-1)15-10-9-13-7-4-8-14(13)11-15/h1-8,15H,9-11H2. The molecule has 1 aromatic rings. The van der Waals surface area contributed by atoms with E-state index < -0.39 is 0 Å². The maximum atomic E-state index is 2.28. The molecular formula is C15H15. The minimum atomic E-state index is 0.737. The highest BCUT2D eigenvalue weighted by Gasteiger charge is 2.22. The maximum Gasteiger partial charge on any atom is 0.00864 e. The number of hydrogen-bond acceptors (Lipinski definition) is 0. The Kier molecular flexibility index (Phi) is 2.21. The first-order chi connectivity index (χ1) is 7.43. The molecule has 0 spiro atoms. The van der Waals surface area contributed by atoms with Crippen molar-refractivity contribution in [3.63, 3.8) is 0 Å². The average molecular weight is 195 g/mol. The van der Waals surface area contributed by atoms with Crippen molar-refractivity contribution in [1.82, 2.24) is 0 Å². The third-order valence-electron chi connectivity index (χ3n) is 3.51. The van der Waals surface area contributed by atoms with Crippen molar-refractivity contribution >= 4 is 0 Å². The van der Waals surface area contributed by atoms with Crippen LogP contribution in [-0.4, -0.2) is 0 Å². The molecule has 0 heterocycles. The van der Waals surface area contributed by atoms with Crippen molar-refractivity contribution in [3.05, 3.63) is 65.6 Å². The summed E-state index contributed by atoms with van der Waals surface area (Å²) < 4.78 is 0. The lowest BCUT2D eigenvalue weighted by Crippen LogP contribution is -2.06. The molecule has 0 saturated heterocycles. The fraction of sp³-hybridized carbons (Fsp3) is 0.267. The van der Waals surface area contributed by atoms with E-state index in [4.69, 9.17) is 0 Å². The number of benzene rings is 1. The Balaban J connectivity index is 1.84. The topological polar surface area (TPSA) is 0 Å². The molecule has 15 heavy (non-hydrogen) atoms. The van der Waals surface area contributed by atoms with Gasteiger partial charge in [-0.25, -0.2) is 0 Å². The van der Waals surface area contributed by atoms with Crippen molar-refractivity contribution in [2.24, 2.45) is 0 Å². The highest BCUT2D eigenvalue weighted by molar-refractivity contribution is 5.45. The van der Waals surface area contributed by atoms with E-state index in [1.165, 1.54) is 24.8 Å². The third kappa shape index (κ3) is 1.65. The van der Waals surface area contributed by atoms with Gasteiger partial charge >= 0.3 is 0 Å². The van der Waals surface area contributed by atoms with Gasteiger partial charge in [-0.15, -0.1) is 0 Å². The van der Waals surface area contributed by atoms with Crippen molar-refractivity contribution < 1.29 is 0 Å². The summed E-state index contributed by atoms with van der Waals surface area (Å²) in [7, 11) is 0. The molecule has 0 fully saturated rings. The van der Waals surface area contributed by atoms with E-state index in [1.54, 1.807) is 11.1 Å². The first-order valence-electron chi connectivity index (χ1n) is 5.72. The van der Waals surface area contributed by atoms with Crippen molar-refractivity contribution in [2.45, 2.75) is 25.2 Å². The summed E-state index contributed by atoms with van der Waals surface area (Å²) in [5.41, 5.74) is 4.64. The molecule has 0 bridgehead atoms. The molecule has 75 valence electrons. The van der Waals surface area contributed by atoms with Crippen LogP contribution >= 0.6 is 0 Å². The second-order valence-electron chi connectivity index (χ2n) is 4.43. The van der Waals surface area contributed by atoms with E-state index in [0.29, 0.717) is 0 Å². The molecule has 0 amide bonds. The molecular weight excluding hydrogens is 180 g/mol. The van der Waals surface area contributed by atoms with Crippen LogP contribution in [0.3, 0.4) is 0 Å². The fourth-order valence-corrected chi connectivity index (χ4v) is 2.64. The zero-order valence-electron chi connectivity index (χ0n) is 8.82. The smallest absolute Gasteiger partial charge is 0.00864 e. The predicted octanol–water partition coefficient (Wildman–Crippen LogP) is 4.02. The fourth-order valence-electron chi connectivity index (χ4n) is 2.64. The first-order valence-corrected chi connectivity index (χ1v) is 5.72. The van der Waals surface area contributed by atoms with Gasteiger partial charge in [0.05, 0.1) is 0 Å². The summed E-state index contributed by atoms with van der Waals surface area (Å²) in [5, 5.41) is 0. The zero-order chi connectivity index (χ0) is 10.1. The highest BCUT2D eigenvalue weighted by atomic mass is 14.3. The normalized spacial score (nSPS) is 24.4. The Morgan fingerprint density at radius 3 is 2.73 bits per heavy atom. The molecule has 0 saturated carbocycles. The van der Waals surface area contributed by atoms with Crippen LogP contribution in [0.2, 0.25) is 0 Å². The van der Waals surface area contributed by atoms with E-state index in [9.17, 15) is 0 Å². The summed E-state index contributed by atoms with van der Waals surface area (Å²) in [5.74, 6) is 0.737. The molecule has 2 aliphatic carbocycles. The molecule has 1 aromatic carbocycles. The van der Waals surface area contributed by atoms with E-state index in [2.05, 4.69) is 48.9 Å². The van der Waals surface area contributed by atoms with E-state index in [1.807, 2.05) is 0 Å². The highest BCUT2D eigenvalue weighted by Crippen LogP contribution is 2.39. The molecule has 2 aliphatic rings. The molecule has 1 radical (unpaired) electrons. The molecule has 1 unspecified atom stereocenters. The summed E-state index contributed by atoms with van der Waals surface area (Å²) in [4.78, 5) is 0. The molecule has 0 aromatic heterocycles. The lowest BCUT2D eigenvalue weighted by Gasteiger charge is -2.24. The summed E-state index contributed by atoms with van der Waals surface area (Å²) in [6, 6.07) is 10.9. The second kappa shape index (κ2) is 3.69. The van der Waals surface area contributed by atoms with Crippen LogP contribution in [-0.2, 0) is 0 Å². The molecule has 0 N–H and O–H groups in total. The molecule has 0 aliphatic heterocycles. The molecule has 3 rings (SSSR count). The average Bonchev–Trinajstić information content (AvgIpc) is 2.77. The summed E-state index contributed by atoms with van der Waals surface area (Å²) in [6.07, 6.45) is 10.5. The van der Waals surface area contributed by atoms with Crippen molar-refractivity contribution in [2.75, 3.05) is 0 Å². The summed E-state index contributed by atoms with van der Waals surface area (Å²) >= 11 is 0. The first kappa shape index (κ1) is 8.96. The van der Waals surface area contributed by atoms with Crippen LogP contribution in [0.15, 0.2) is 53.6 Å². The maximum absolute atomic E-state index is 2.28. The number of allylic oxidation sites excluding steroid dienone is 4. The van der Waals surface area contributed by atoms with Gasteiger partial charge in [-0.2, -0.15) is 0 Å². The van der Waals surface area contributed by atoms with Gasteiger partial charge < -0.3 is 0 Å². The van der Waals surface area contributed by atoms with Gasteiger partial charge in [-0.3, -0.25) is 0 Å². The lowest BCUT2D eigenvalue weighted by molar-refractivity contribution is 0.592.